The van der Waals surface area contributed by atoms with Crippen molar-refractivity contribution in [2.75, 3.05) is 0 Å². The molecule has 3 aromatic carbocycles. The summed E-state index contributed by atoms with van der Waals surface area (Å²) < 4.78 is 5.65. The topological polar surface area (TPSA) is 30.2 Å². The van der Waals surface area contributed by atoms with Gasteiger partial charge in [-0.1, -0.05) is 60.7 Å². The second kappa shape index (κ2) is 5.45. The van der Waals surface area contributed by atoms with Crippen LogP contribution in [0.4, 0.5) is 0 Å². The van der Waals surface area contributed by atoms with E-state index in [4.69, 9.17) is 4.42 Å². The zero-order chi connectivity index (χ0) is 16.8. The summed E-state index contributed by atoms with van der Waals surface area (Å²) in [6.45, 7) is 0. The van der Waals surface area contributed by atoms with E-state index in [1.54, 1.807) is 0 Å². The third kappa shape index (κ3) is 2.30. The molecule has 0 N–H and O–H groups in total. The first-order chi connectivity index (χ1) is 12.3. The summed E-state index contributed by atoms with van der Waals surface area (Å²) in [5, 5.41) is 1.13. The monoisotopic (exact) mass is 324 g/mol. The van der Waals surface area contributed by atoms with Gasteiger partial charge in [0, 0.05) is 22.9 Å². The van der Waals surface area contributed by atoms with Crippen molar-refractivity contribution < 1.29 is 9.21 Å². The number of carbonyl (C=O) groups is 1. The lowest BCUT2D eigenvalue weighted by atomic mass is 9.97. The van der Waals surface area contributed by atoms with E-state index in [0.717, 1.165) is 39.6 Å². The minimum atomic E-state index is 0.267. The van der Waals surface area contributed by atoms with Crippen LogP contribution >= 0.6 is 0 Å². The summed E-state index contributed by atoms with van der Waals surface area (Å²) in [5.41, 5.74) is 7.56. The molecule has 0 amide bonds. The molecule has 1 heterocycles. The fourth-order valence-electron chi connectivity index (χ4n) is 3.68. The molecular weight excluding hydrogens is 308 g/mol. The van der Waals surface area contributed by atoms with Crippen molar-refractivity contribution in [2.24, 2.45) is 0 Å². The molecule has 0 unspecified atom stereocenters. The number of aryl methyl sites for hydroxylation is 1. The van der Waals surface area contributed by atoms with E-state index < -0.39 is 0 Å². The molecule has 0 saturated carbocycles. The van der Waals surface area contributed by atoms with Gasteiger partial charge in [0.1, 0.15) is 5.58 Å². The van der Waals surface area contributed by atoms with Gasteiger partial charge >= 0.3 is 0 Å². The number of Topliss-reactive ketones (excluding diaryl/α,β-unsaturated/α-hetero) is 1. The molecule has 0 fully saturated rings. The van der Waals surface area contributed by atoms with Crippen LogP contribution in [0, 0.1) is 0 Å². The van der Waals surface area contributed by atoms with Crippen molar-refractivity contribution in [3.05, 3.63) is 84.1 Å². The van der Waals surface area contributed by atoms with Crippen molar-refractivity contribution in [1.29, 1.82) is 0 Å². The zero-order valence-electron chi connectivity index (χ0n) is 13.7. The molecule has 0 aliphatic heterocycles. The molecule has 0 spiro atoms. The van der Waals surface area contributed by atoms with E-state index in [0.29, 0.717) is 6.42 Å². The fourth-order valence-corrected chi connectivity index (χ4v) is 3.68. The molecular formula is C23H16O2. The van der Waals surface area contributed by atoms with Gasteiger partial charge in [0.25, 0.3) is 0 Å². The van der Waals surface area contributed by atoms with Crippen molar-refractivity contribution in [2.45, 2.75) is 12.8 Å². The number of fused-ring (bicyclic) bond motifs is 2. The number of rotatable bonds is 2. The lowest BCUT2D eigenvalue weighted by molar-refractivity contribution is 0.0994. The van der Waals surface area contributed by atoms with Crippen molar-refractivity contribution in [1.82, 2.24) is 0 Å². The first-order valence-corrected chi connectivity index (χ1v) is 8.53. The number of carbonyl (C=O) groups excluding carboxylic acids is 1. The summed E-state index contributed by atoms with van der Waals surface area (Å²) in [5.74, 6) is 0.267. The largest absolute Gasteiger partial charge is 0.464 e. The minimum Gasteiger partial charge on any atom is -0.464 e. The second-order valence-corrected chi connectivity index (χ2v) is 6.52. The fraction of sp³-hybridized carbons (Fsp3) is 0.0870. The zero-order valence-corrected chi connectivity index (χ0v) is 13.7. The van der Waals surface area contributed by atoms with Crippen LogP contribution in [0.3, 0.4) is 0 Å². The highest BCUT2D eigenvalue weighted by Crippen LogP contribution is 2.33. The van der Waals surface area contributed by atoms with Crippen molar-refractivity contribution in [3.63, 3.8) is 0 Å². The highest BCUT2D eigenvalue weighted by atomic mass is 16.3. The normalized spacial score (nSPS) is 13.4. The van der Waals surface area contributed by atoms with Gasteiger partial charge in [-0.15, -0.1) is 0 Å². The van der Waals surface area contributed by atoms with E-state index in [1.807, 2.05) is 36.6 Å². The summed E-state index contributed by atoms with van der Waals surface area (Å²) in [7, 11) is 0. The predicted molar refractivity (Wildman–Crippen MR) is 99.7 cm³/mol. The summed E-state index contributed by atoms with van der Waals surface area (Å²) >= 11 is 0. The molecule has 0 saturated heterocycles. The maximum absolute atomic E-state index is 11.8. The SMILES string of the molecule is O=C1CCc2cc(-c3ccc(-c4coc5ccccc45)cc3)ccc21. The second-order valence-electron chi connectivity index (χ2n) is 6.52. The summed E-state index contributed by atoms with van der Waals surface area (Å²) in [6.07, 6.45) is 3.33. The average Bonchev–Trinajstić information content (AvgIpc) is 3.26. The molecule has 2 heteroatoms. The number of furan rings is 1. The van der Waals surface area contributed by atoms with E-state index in [9.17, 15) is 4.79 Å². The van der Waals surface area contributed by atoms with Gasteiger partial charge < -0.3 is 4.42 Å². The van der Waals surface area contributed by atoms with Crippen LogP contribution in [-0.2, 0) is 6.42 Å². The molecule has 0 bridgehead atoms. The van der Waals surface area contributed by atoms with Gasteiger partial charge in [-0.3, -0.25) is 4.79 Å². The summed E-state index contributed by atoms with van der Waals surface area (Å²) in [6, 6.07) is 22.8. The van der Waals surface area contributed by atoms with E-state index in [2.05, 4.69) is 36.4 Å². The van der Waals surface area contributed by atoms with Crippen LogP contribution in [0.25, 0.3) is 33.2 Å². The third-order valence-corrected chi connectivity index (χ3v) is 5.04. The van der Waals surface area contributed by atoms with Crippen LogP contribution in [0.15, 0.2) is 77.4 Å². The molecule has 0 atom stereocenters. The quantitative estimate of drug-likeness (QED) is 0.460. The van der Waals surface area contributed by atoms with E-state index >= 15 is 0 Å². The van der Waals surface area contributed by atoms with Gasteiger partial charge in [0.05, 0.1) is 6.26 Å². The predicted octanol–water partition coefficient (Wildman–Crippen LogP) is 5.90. The van der Waals surface area contributed by atoms with Gasteiger partial charge in [-0.05, 0) is 34.7 Å². The van der Waals surface area contributed by atoms with Crippen LogP contribution in [0.5, 0.6) is 0 Å². The molecule has 120 valence electrons. The van der Waals surface area contributed by atoms with Gasteiger partial charge in [-0.2, -0.15) is 0 Å². The molecule has 4 aromatic rings. The number of benzene rings is 3. The first kappa shape index (κ1) is 14.2. The van der Waals surface area contributed by atoms with Crippen LogP contribution in [0.1, 0.15) is 22.3 Å². The third-order valence-electron chi connectivity index (χ3n) is 5.04. The van der Waals surface area contributed by atoms with Crippen LogP contribution in [0.2, 0.25) is 0 Å². The Kier molecular flexibility index (Phi) is 3.10. The smallest absolute Gasteiger partial charge is 0.163 e. The number of hydrogen-bond acceptors (Lipinski definition) is 2. The Balaban J connectivity index is 1.53. The lowest BCUT2D eigenvalue weighted by Gasteiger charge is -2.06. The average molecular weight is 324 g/mol. The van der Waals surface area contributed by atoms with Gasteiger partial charge in [-0.25, -0.2) is 0 Å². The Morgan fingerprint density at radius 2 is 1.48 bits per heavy atom. The number of para-hydroxylation sites is 1. The van der Waals surface area contributed by atoms with E-state index in [1.165, 1.54) is 11.1 Å². The number of ketones is 1. The Morgan fingerprint density at radius 1 is 0.720 bits per heavy atom. The molecule has 1 aliphatic rings. The Morgan fingerprint density at radius 3 is 2.36 bits per heavy atom. The molecule has 5 rings (SSSR count). The maximum atomic E-state index is 11.8. The highest BCUT2D eigenvalue weighted by molar-refractivity contribution is 6.01. The molecule has 25 heavy (non-hydrogen) atoms. The number of hydrogen-bond donors (Lipinski definition) is 0. The van der Waals surface area contributed by atoms with Crippen molar-refractivity contribution in [3.8, 4) is 22.3 Å². The van der Waals surface area contributed by atoms with Crippen molar-refractivity contribution >= 4 is 16.8 Å². The lowest BCUT2D eigenvalue weighted by Crippen LogP contribution is -1.90. The molecule has 1 aromatic heterocycles. The summed E-state index contributed by atoms with van der Waals surface area (Å²) in [4.78, 5) is 11.8. The standard InChI is InChI=1S/C23H16O2/c24-22-12-10-18-13-17(9-11-19(18)22)15-5-7-16(8-6-15)21-14-25-23-4-2-1-3-20(21)23/h1-9,11,13-14H,10,12H2. The van der Waals surface area contributed by atoms with Gasteiger partial charge in [0.2, 0.25) is 0 Å². The van der Waals surface area contributed by atoms with Crippen LogP contribution in [-0.4, -0.2) is 5.78 Å². The van der Waals surface area contributed by atoms with Gasteiger partial charge in [0.15, 0.2) is 5.78 Å². The minimum absolute atomic E-state index is 0.267. The molecule has 1 aliphatic carbocycles. The Bertz CT molecular complexity index is 1100. The maximum Gasteiger partial charge on any atom is 0.163 e. The highest BCUT2D eigenvalue weighted by Gasteiger charge is 2.19. The van der Waals surface area contributed by atoms with E-state index in [-0.39, 0.29) is 5.78 Å². The van der Waals surface area contributed by atoms with Crippen LogP contribution < -0.4 is 0 Å². The Hall–Kier alpha value is -3.13. The molecule has 0 radical (unpaired) electrons. The first-order valence-electron chi connectivity index (χ1n) is 8.53. The molecule has 2 nitrogen and oxygen atoms in total. The Labute approximate surface area is 145 Å².